The summed E-state index contributed by atoms with van der Waals surface area (Å²) >= 11 is 6.04. The topological polar surface area (TPSA) is 92.4 Å². The molecule has 1 saturated heterocycles. The second kappa shape index (κ2) is 5.65. The lowest BCUT2D eigenvalue weighted by Gasteiger charge is -2.08. The third kappa shape index (κ3) is 2.19. The van der Waals surface area contributed by atoms with Gasteiger partial charge in [-0.2, -0.15) is 9.71 Å². The van der Waals surface area contributed by atoms with Crippen LogP contribution in [-0.2, 0) is 4.74 Å². The molecule has 0 aliphatic carbocycles. The predicted molar refractivity (Wildman–Crippen MR) is 92.9 cm³/mol. The van der Waals surface area contributed by atoms with Crippen LogP contribution in [0.3, 0.4) is 0 Å². The molecule has 0 saturated carbocycles. The van der Waals surface area contributed by atoms with Crippen LogP contribution < -0.4 is 4.73 Å². The minimum absolute atomic E-state index is 0.110. The Morgan fingerprint density at radius 3 is 3.08 bits per heavy atom. The maximum absolute atomic E-state index is 12.7. The molecule has 0 N–H and O–H groups in total. The number of nitrogens with zero attached hydrogens (tertiary/aromatic N) is 5. The Balaban J connectivity index is 1.72. The van der Waals surface area contributed by atoms with Crippen LogP contribution in [0.15, 0.2) is 29.0 Å². The van der Waals surface area contributed by atoms with Crippen LogP contribution in [0, 0.1) is 12.1 Å². The number of imidazole rings is 1. The molecule has 1 aliphatic heterocycles. The zero-order valence-electron chi connectivity index (χ0n) is 13.8. The molecule has 26 heavy (non-hydrogen) atoms. The van der Waals surface area contributed by atoms with E-state index in [4.69, 9.17) is 20.9 Å². The Hall–Kier alpha value is -2.71. The van der Waals surface area contributed by atoms with Gasteiger partial charge in [0, 0.05) is 24.6 Å². The average Bonchev–Trinajstić information content (AvgIpc) is 3.38. The first kappa shape index (κ1) is 15.5. The van der Waals surface area contributed by atoms with E-state index in [0.717, 1.165) is 11.2 Å². The van der Waals surface area contributed by atoms with Gasteiger partial charge < -0.3 is 14.5 Å². The molecule has 1 aromatic carbocycles. The van der Waals surface area contributed by atoms with Crippen molar-refractivity contribution in [2.75, 3.05) is 13.2 Å². The van der Waals surface area contributed by atoms with E-state index in [9.17, 15) is 5.21 Å². The first-order valence-corrected chi connectivity index (χ1v) is 8.61. The Bertz CT molecular complexity index is 1150. The van der Waals surface area contributed by atoms with E-state index >= 15 is 0 Å². The number of rotatable bonds is 2. The molecule has 4 aromatic rings. The summed E-state index contributed by atoms with van der Waals surface area (Å²) in [5.41, 5.74) is 2.82. The normalized spacial score (nSPS) is 17.5. The van der Waals surface area contributed by atoms with Gasteiger partial charge in [-0.1, -0.05) is 16.8 Å². The number of hydrogen-bond donors (Lipinski definition) is 0. The number of ether oxygens (including phenoxy) is 1. The van der Waals surface area contributed by atoms with Crippen LogP contribution in [0.5, 0.6) is 0 Å². The molecule has 0 amide bonds. The van der Waals surface area contributed by atoms with E-state index < -0.39 is 0 Å². The molecule has 1 atom stereocenters. The quantitative estimate of drug-likeness (QED) is 0.397. The molecule has 0 spiro atoms. The predicted octanol–water partition coefficient (Wildman–Crippen LogP) is 2.64. The molecule has 8 nitrogen and oxygen atoms in total. The summed E-state index contributed by atoms with van der Waals surface area (Å²) in [5.74, 6) is 1.02. The minimum atomic E-state index is 0.110. The molecule has 9 heteroatoms. The standard InChI is InChI=1S/C17H14ClN5O3/c1-9-15-14(16-20-17(26-21-16)10-4-5-25-7-10)19-8-22(15)12-3-2-11(18)6-13(12)23(9)24/h2-3,6,8,10H,4-5,7H2,1H3. The van der Waals surface area contributed by atoms with Crippen molar-refractivity contribution in [3.05, 3.63) is 46.3 Å². The molecule has 1 fully saturated rings. The van der Waals surface area contributed by atoms with Gasteiger partial charge >= 0.3 is 0 Å². The van der Waals surface area contributed by atoms with Crippen molar-refractivity contribution in [2.45, 2.75) is 19.3 Å². The first-order chi connectivity index (χ1) is 12.6. The Morgan fingerprint density at radius 1 is 1.38 bits per heavy atom. The fourth-order valence-corrected chi connectivity index (χ4v) is 3.57. The zero-order chi connectivity index (χ0) is 17.8. The number of benzene rings is 1. The smallest absolute Gasteiger partial charge is 0.242 e. The summed E-state index contributed by atoms with van der Waals surface area (Å²) in [5, 5.41) is 17.3. The molecule has 5 rings (SSSR count). The van der Waals surface area contributed by atoms with Crippen molar-refractivity contribution in [1.29, 1.82) is 0 Å². The van der Waals surface area contributed by atoms with E-state index in [0.29, 0.717) is 57.9 Å². The first-order valence-electron chi connectivity index (χ1n) is 8.23. The van der Waals surface area contributed by atoms with Crippen LogP contribution in [-0.4, -0.2) is 32.7 Å². The molecular weight excluding hydrogens is 358 g/mol. The van der Waals surface area contributed by atoms with Gasteiger partial charge in [0.1, 0.15) is 23.1 Å². The number of hydrogen-bond acceptors (Lipinski definition) is 6. The zero-order valence-corrected chi connectivity index (χ0v) is 14.6. The lowest BCUT2D eigenvalue weighted by Crippen LogP contribution is -2.32. The molecule has 132 valence electrons. The monoisotopic (exact) mass is 371 g/mol. The maximum Gasteiger partial charge on any atom is 0.242 e. The van der Waals surface area contributed by atoms with E-state index in [1.807, 2.05) is 4.40 Å². The van der Waals surface area contributed by atoms with Gasteiger partial charge in [-0.05, 0) is 18.6 Å². The van der Waals surface area contributed by atoms with Gasteiger partial charge in [-0.15, -0.1) is 0 Å². The molecule has 1 aliphatic rings. The van der Waals surface area contributed by atoms with Crippen LogP contribution in [0.1, 0.15) is 23.9 Å². The minimum Gasteiger partial charge on any atom is -0.618 e. The Kier molecular flexibility index (Phi) is 3.38. The SMILES string of the molecule is Cc1c2c(-c3noc(C4CCOC4)n3)ncn2c2ccc(Cl)cc2[n+]1[O-]. The fraction of sp³-hybridized carbons (Fsp3) is 0.294. The highest BCUT2D eigenvalue weighted by molar-refractivity contribution is 6.31. The third-order valence-electron chi connectivity index (χ3n) is 4.76. The summed E-state index contributed by atoms with van der Waals surface area (Å²) in [6, 6.07) is 5.18. The van der Waals surface area contributed by atoms with Crippen LogP contribution in [0.25, 0.3) is 28.1 Å². The Labute approximate surface area is 152 Å². The van der Waals surface area contributed by atoms with Gasteiger partial charge in [0.15, 0.2) is 0 Å². The van der Waals surface area contributed by atoms with Crippen molar-refractivity contribution in [2.24, 2.45) is 0 Å². The molecule has 4 heterocycles. The van der Waals surface area contributed by atoms with E-state index in [1.54, 1.807) is 31.5 Å². The summed E-state index contributed by atoms with van der Waals surface area (Å²) in [6.07, 6.45) is 2.51. The average molecular weight is 372 g/mol. The summed E-state index contributed by atoms with van der Waals surface area (Å²) in [7, 11) is 0. The van der Waals surface area contributed by atoms with Crippen molar-refractivity contribution in [3.63, 3.8) is 0 Å². The molecule has 0 radical (unpaired) electrons. The van der Waals surface area contributed by atoms with Gasteiger partial charge in [0.2, 0.25) is 22.9 Å². The summed E-state index contributed by atoms with van der Waals surface area (Å²) in [4.78, 5) is 8.93. The summed E-state index contributed by atoms with van der Waals surface area (Å²) in [6.45, 7) is 3.01. The lowest BCUT2D eigenvalue weighted by atomic mass is 10.1. The van der Waals surface area contributed by atoms with Crippen molar-refractivity contribution >= 4 is 28.2 Å². The van der Waals surface area contributed by atoms with Crippen molar-refractivity contribution < 1.29 is 14.0 Å². The Morgan fingerprint density at radius 2 is 2.27 bits per heavy atom. The van der Waals surface area contributed by atoms with E-state index in [-0.39, 0.29) is 5.92 Å². The number of aromatic nitrogens is 5. The lowest BCUT2D eigenvalue weighted by molar-refractivity contribution is -0.583. The number of aryl methyl sites for hydroxylation is 1. The fourth-order valence-electron chi connectivity index (χ4n) is 3.41. The van der Waals surface area contributed by atoms with Crippen LogP contribution >= 0.6 is 11.6 Å². The van der Waals surface area contributed by atoms with Gasteiger partial charge in [0.05, 0.1) is 12.5 Å². The third-order valence-corrected chi connectivity index (χ3v) is 5.00. The van der Waals surface area contributed by atoms with Gasteiger partial charge in [-0.3, -0.25) is 4.40 Å². The summed E-state index contributed by atoms with van der Waals surface area (Å²) < 4.78 is 13.5. The number of fused-ring (bicyclic) bond motifs is 3. The highest BCUT2D eigenvalue weighted by Crippen LogP contribution is 2.29. The molecule has 3 aromatic heterocycles. The largest absolute Gasteiger partial charge is 0.618 e. The van der Waals surface area contributed by atoms with Crippen molar-refractivity contribution in [3.8, 4) is 11.5 Å². The van der Waals surface area contributed by atoms with Crippen LogP contribution in [0.2, 0.25) is 5.02 Å². The molecule has 0 bridgehead atoms. The van der Waals surface area contributed by atoms with E-state index in [2.05, 4.69) is 15.1 Å². The second-order valence-electron chi connectivity index (χ2n) is 6.34. The second-order valence-corrected chi connectivity index (χ2v) is 6.78. The molecular formula is C17H14ClN5O3. The van der Waals surface area contributed by atoms with Gasteiger partial charge in [-0.25, -0.2) is 4.98 Å². The van der Waals surface area contributed by atoms with E-state index in [1.165, 1.54) is 0 Å². The van der Waals surface area contributed by atoms with Crippen molar-refractivity contribution in [1.82, 2.24) is 19.5 Å². The highest BCUT2D eigenvalue weighted by atomic mass is 35.5. The number of halogens is 1. The molecule has 1 unspecified atom stereocenters. The maximum atomic E-state index is 12.7. The highest BCUT2D eigenvalue weighted by Gasteiger charge is 2.27. The van der Waals surface area contributed by atoms with Gasteiger partial charge in [0.25, 0.3) is 0 Å². The van der Waals surface area contributed by atoms with Crippen LogP contribution in [0.4, 0.5) is 0 Å².